The summed E-state index contributed by atoms with van der Waals surface area (Å²) in [5, 5.41) is 9.99. The van der Waals surface area contributed by atoms with Crippen molar-refractivity contribution in [1.29, 1.82) is 5.26 Å². The second-order valence-electron chi connectivity index (χ2n) is 8.38. The number of rotatable bonds is 5. The first-order valence-electron chi connectivity index (χ1n) is 10.5. The standard InChI is InChI=1S/C22H32N4OS/c1-5-7-8-20(27)25-9-11-26(12-10-25)21-17(14-23)16-13-22(3,4)28-15-18(16)19(6-2)24-21/h5-13,15H2,1-4H3. The van der Waals surface area contributed by atoms with Crippen LogP contribution >= 0.6 is 11.8 Å². The number of unbranched alkanes of at least 4 members (excludes halogenated alkanes) is 1. The molecule has 2 aliphatic heterocycles. The van der Waals surface area contributed by atoms with Crippen LogP contribution in [0, 0.1) is 11.3 Å². The molecular weight excluding hydrogens is 368 g/mol. The number of piperazine rings is 1. The van der Waals surface area contributed by atoms with E-state index in [1.54, 1.807) is 0 Å². The molecule has 2 aliphatic rings. The van der Waals surface area contributed by atoms with Gasteiger partial charge in [0.2, 0.25) is 5.91 Å². The summed E-state index contributed by atoms with van der Waals surface area (Å²) in [6.07, 6.45) is 4.44. The Hall–Kier alpha value is -1.74. The van der Waals surface area contributed by atoms with Crippen LogP contribution in [0.25, 0.3) is 0 Å². The average molecular weight is 401 g/mol. The van der Waals surface area contributed by atoms with Crippen molar-refractivity contribution in [3.05, 3.63) is 22.4 Å². The zero-order valence-corrected chi connectivity index (χ0v) is 18.5. The van der Waals surface area contributed by atoms with Crippen molar-refractivity contribution in [2.45, 2.75) is 70.3 Å². The van der Waals surface area contributed by atoms with Crippen LogP contribution in [0.5, 0.6) is 0 Å². The maximum absolute atomic E-state index is 12.3. The summed E-state index contributed by atoms with van der Waals surface area (Å²) in [6.45, 7) is 11.7. The smallest absolute Gasteiger partial charge is 0.222 e. The fourth-order valence-electron chi connectivity index (χ4n) is 4.11. The molecule has 0 aromatic carbocycles. The lowest BCUT2D eigenvalue weighted by Gasteiger charge is -2.38. The molecular formula is C22H32N4OS. The Balaban J connectivity index is 1.85. The number of anilines is 1. The van der Waals surface area contributed by atoms with E-state index in [1.165, 1.54) is 11.1 Å². The number of thioether (sulfide) groups is 1. The molecule has 1 aromatic heterocycles. The number of aromatic nitrogens is 1. The first-order valence-corrected chi connectivity index (χ1v) is 11.5. The van der Waals surface area contributed by atoms with Gasteiger partial charge in [0.15, 0.2) is 0 Å². The Morgan fingerprint density at radius 3 is 2.54 bits per heavy atom. The molecule has 152 valence electrons. The van der Waals surface area contributed by atoms with Crippen molar-refractivity contribution in [3.63, 3.8) is 0 Å². The number of carbonyl (C=O) groups excluding carboxylic acids is 1. The van der Waals surface area contributed by atoms with Gasteiger partial charge in [-0.3, -0.25) is 4.79 Å². The number of pyridine rings is 1. The Kier molecular flexibility index (Phi) is 6.54. The molecule has 0 N–H and O–H groups in total. The highest BCUT2D eigenvalue weighted by molar-refractivity contribution is 7.99. The molecule has 1 aromatic rings. The number of fused-ring (bicyclic) bond motifs is 1. The van der Waals surface area contributed by atoms with Crippen molar-refractivity contribution >= 4 is 23.5 Å². The SMILES string of the molecule is CCCCC(=O)N1CCN(c2nc(CC)c3c(c2C#N)CC(C)(C)SC3)CC1. The van der Waals surface area contributed by atoms with Gasteiger partial charge in [-0.2, -0.15) is 17.0 Å². The second kappa shape index (κ2) is 8.73. The van der Waals surface area contributed by atoms with E-state index in [2.05, 4.69) is 38.7 Å². The number of hydrogen-bond acceptors (Lipinski definition) is 5. The molecule has 1 fully saturated rings. The van der Waals surface area contributed by atoms with E-state index in [-0.39, 0.29) is 10.7 Å². The van der Waals surface area contributed by atoms with Gasteiger partial charge >= 0.3 is 0 Å². The normalized spacial score (nSPS) is 18.5. The van der Waals surface area contributed by atoms with Gasteiger partial charge in [0.05, 0.1) is 5.56 Å². The van der Waals surface area contributed by atoms with Crippen LogP contribution in [0.4, 0.5) is 5.82 Å². The lowest BCUT2D eigenvalue weighted by molar-refractivity contribution is -0.131. The largest absolute Gasteiger partial charge is 0.352 e. The molecule has 0 bridgehead atoms. The van der Waals surface area contributed by atoms with Crippen LogP contribution in [-0.4, -0.2) is 46.7 Å². The number of carbonyl (C=O) groups is 1. The fourth-order valence-corrected chi connectivity index (χ4v) is 5.24. The zero-order chi connectivity index (χ0) is 20.3. The number of hydrogen-bond donors (Lipinski definition) is 0. The summed E-state index contributed by atoms with van der Waals surface area (Å²) in [6, 6.07) is 2.48. The summed E-state index contributed by atoms with van der Waals surface area (Å²) in [7, 11) is 0. The Morgan fingerprint density at radius 1 is 1.21 bits per heavy atom. The minimum Gasteiger partial charge on any atom is -0.352 e. The predicted molar refractivity (Wildman–Crippen MR) is 116 cm³/mol. The molecule has 1 amide bonds. The molecule has 0 atom stereocenters. The molecule has 3 rings (SSSR count). The monoisotopic (exact) mass is 400 g/mol. The molecule has 3 heterocycles. The fraction of sp³-hybridized carbons (Fsp3) is 0.682. The minimum atomic E-state index is 0.145. The Bertz CT molecular complexity index is 776. The summed E-state index contributed by atoms with van der Waals surface area (Å²) >= 11 is 1.96. The molecule has 6 heteroatoms. The van der Waals surface area contributed by atoms with Crippen molar-refractivity contribution in [3.8, 4) is 6.07 Å². The van der Waals surface area contributed by atoms with Crippen LogP contribution < -0.4 is 4.90 Å². The average Bonchev–Trinajstić information content (AvgIpc) is 2.70. The highest BCUT2D eigenvalue weighted by Gasteiger charge is 2.33. The van der Waals surface area contributed by atoms with Crippen LogP contribution in [0.1, 0.15) is 69.3 Å². The summed E-state index contributed by atoms with van der Waals surface area (Å²) in [5.41, 5.74) is 4.37. The van der Waals surface area contributed by atoms with Gasteiger partial charge in [-0.15, -0.1) is 0 Å². The minimum absolute atomic E-state index is 0.145. The van der Waals surface area contributed by atoms with Crippen LogP contribution in [0.15, 0.2) is 0 Å². The molecule has 5 nitrogen and oxygen atoms in total. The predicted octanol–water partition coefficient (Wildman–Crippen LogP) is 3.92. The van der Waals surface area contributed by atoms with Crippen molar-refractivity contribution in [1.82, 2.24) is 9.88 Å². The first kappa shape index (κ1) is 21.0. The van der Waals surface area contributed by atoms with E-state index in [0.29, 0.717) is 6.42 Å². The number of nitriles is 1. The molecule has 0 spiro atoms. The van der Waals surface area contributed by atoms with Gasteiger partial charge in [-0.1, -0.05) is 34.1 Å². The Labute approximate surface area is 173 Å². The highest BCUT2D eigenvalue weighted by Crippen LogP contribution is 2.42. The zero-order valence-electron chi connectivity index (χ0n) is 17.7. The van der Waals surface area contributed by atoms with Gasteiger partial charge in [-0.05, 0) is 30.4 Å². The topological polar surface area (TPSA) is 60.2 Å². The summed E-state index contributed by atoms with van der Waals surface area (Å²) < 4.78 is 0.145. The van der Waals surface area contributed by atoms with Gasteiger partial charge in [0.25, 0.3) is 0 Å². The van der Waals surface area contributed by atoms with Crippen LogP contribution in [-0.2, 0) is 23.4 Å². The van der Waals surface area contributed by atoms with Gasteiger partial charge in [0, 0.05) is 48.8 Å². The van der Waals surface area contributed by atoms with E-state index < -0.39 is 0 Å². The molecule has 28 heavy (non-hydrogen) atoms. The maximum Gasteiger partial charge on any atom is 0.222 e. The molecule has 0 unspecified atom stereocenters. The van der Waals surface area contributed by atoms with Crippen LogP contribution in [0.2, 0.25) is 0 Å². The lowest BCUT2D eigenvalue weighted by atomic mass is 9.91. The molecule has 1 saturated heterocycles. The maximum atomic E-state index is 12.3. The second-order valence-corrected chi connectivity index (χ2v) is 10.1. The van der Waals surface area contributed by atoms with Gasteiger partial charge in [-0.25, -0.2) is 4.98 Å². The quantitative estimate of drug-likeness (QED) is 0.750. The summed E-state index contributed by atoms with van der Waals surface area (Å²) in [5.74, 6) is 2.03. The van der Waals surface area contributed by atoms with Crippen molar-refractivity contribution in [2.24, 2.45) is 0 Å². The Morgan fingerprint density at radius 2 is 1.93 bits per heavy atom. The van der Waals surface area contributed by atoms with Gasteiger partial charge in [0.1, 0.15) is 11.9 Å². The first-order chi connectivity index (χ1) is 13.4. The van der Waals surface area contributed by atoms with Crippen LogP contribution in [0.3, 0.4) is 0 Å². The lowest BCUT2D eigenvalue weighted by Crippen LogP contribution is -2.49. The highest BCUT2D eigenvalue weighted by atomic mass is 32.2. The third-order valence-electron chi connectivity index (χ3n) is 5.81. The molecule has 0 aliphatic carbocycles. The van der Waals surface area contributed by atoms with E-state index >= 15 is 0 Å². The van der Waals surface area contributed by atoms with Crippen molar-refractivity contribution < 1.29 is 4.79 Å². The third-order valence-corrected chi connectivity index (χ3v) is 7.17. The number of nitrogens with zero attached hydrogens (tertiary/aromatic N) is 4. The van der Waals surface area contributed by atoms with E-state index in [1.807, 2.05) is 16.7 Å². The van der Waals surface area contributed by atoms with E-state index in [0.717, 1.165) is 74.7 Å². The van der Waals surface area contributed by atoms with Crippen molar-refractivity contribution in [2.75, 3.05) is 31.1 Å². The third kappa shape index (κ3) is 4.30. The molecule has 0 saturated carbocycles. The number of amides is 1. The molecule has 0 radical (unpaired) electrons. The van der Waals surface area contributed by atoms with E-state index in [4.69, 9.17) is 4.98 Å². The van der Waals surface area contributed by atoms with Gasteiger partial charge < -0.3 is 9.80 Å². The van der Waals surface area contributed by atoms with E-state index in [9.17, 15) is 10.1 Å². The summed E-state index contributed by atoms with van der Waals surface area (Å²) in [4.78, 5) is 21.5. The number of aryl methyl sites for hydroxylation is 1.